The second-order valence-corrected chi connectivity index (χ2v) is 6.57. The summed E-state index contributed by atoms with van der Waals surface area (Å²) in [6.45, 7) is 4.68. The summed E-state index contributed by atoms with van der Waals surface area (Å²) in [6, 6.07) is 11.3. The van der Waals surface area contributed by atoms with Crippen molar-refractivity contribution >= 4 is 11.8 Å². The van der Waals surface area contributed by atoms with Gasteiger partial charge in [-0.15, -0.1) is 0 Å². The number of nitrogens with one attached hydrogen (secondary N) is 2. The van der Waals surface area contributed by atoms with Crippen LogP contribution in [0.1, 0.15) is 19.4 Å². The van der Waals surface area contributed by atoms with Crippen LogP contribution in [0, 0.1) is 5.92 Å². The van der Waals surface area contributed by atoms with E-state index in [0.29, 0.717) is 24.0 Å². The van der Waals surface area contributed by atoms with Gasteiger partial charge in [0.2, 0.25) is 5.95 Å². The molecule has 0 radical (unpaired) electrons. The van der Waals surface area contributed by atoms with Gasteiger partial charge < -0.3 is 15.7 Å². The van der Waals surface area contributed by atoms with E-state index in [0.717, 1.165) is 11.3 Å². The van der Waals surface area contributed by atoms with Gasteiger partial charge in [0.1, 0.15) is 5.82 Å². The topological polar surface area (TPSA) is 95.8 Å². The number of aliphatic hydroxyl groups is 1. The van der Waals surface area contributed by atoms with Crippen molar-refractivity contribution in [1.82, 2.24) is 19.9 Å². The number of pyridine rings is 2. The summed E-state index contributed by atoms with van der Waals surface area (Å²) in [5.41, 5.74) is 2.53. The molecular formula is C20H24N6O. The average molecular weight is 364 g/mol. The van der Waals surface area contributed by atoms with Crippen molar-refractivity contribution in [1.29, 1.82) is 0 Å². The normalized spacial score (nSPS) is 12.0. The summed E-state index contributed by atoms with van der Waals surface area (Å²) in [6.07, 6.45) is 5.29. The lowest BCUT2D eigenvalue weighted by Gasteiger charge is -2.20. The molecule has 0 saturated heterocycles. The lowest BCUT2D eigenvalue weighted by Crippen LogP contribution is -2.30. The van der Waals surface area contributed by atoms with Crippen LogP contribution >= 0.6 is 0 Å². The van der Waals surface area contributed by atoms with E-state index in [2.05, 4.69) is 30.6 Å². The molecule has 27 heavy (non-hydrogen) atoms. The first kappa shape index (κ1) is 18.7. The van der Waals surface area contributed by atoms with Gasteiger partial charge >= 0.3 is 0 Å². The van der Waals surface area contributed by atoms with Crippen molar-refractivity contribution in [2.75, 3.05) is 17.2 Å². The van der Waals surface area contributed by atoms with Gasteiger partial charge in [0.25, 0.3) is 0 Å². The van der Waals surface area contributed by atoms with Crippen LogP contribution in [0.2, 0.25) is 0 Å². The SMILES string of the molecule is CC(C)[C@H](CO)Nc1nc(NCc2cccnc2)cc(-c2ccccn2)n1. The fourth-order valence-corrected chi connectivity index (χ4v) is 2.53. The number of nitrogens with zero attached hydrogens (tertiary/aromatic N) is 4. The monoisotopic (exact) mass is 364 g/mol. The van der Waals surface area contributed by atoms with E-state index in [4.69, 9.17) is 0 Å². The molecule has 0 aliphatic heterocycles. The van der Waals surface area contributed by atoms with Crippen LogP contribution in [-0.2, 0) is 6.54 Å². The molecule has 3 aromatic rings. The molecule has 0 aliphatic carbocycles. The minimum atomic E-state index is -0.129. The van der Waals surface area contributed by atoms with Crippen LogP contribution < -0.4 is 10.6 Å². The number of aromatic nitrogens is 4. The largest absolute Gasteiger partial charge is 0.394 e. The fraction of sp³-hybridized carbons (Fsp3) is 0.300. The Hall–Kier alpha value is -3.06. The molecule has 0 aliphatic rings. The molecule has 3 rings (SSSR count). The molecule has 0 fully saturated rings. The molecule has 0 amide bonds. The molecule has 3 aromatic heterocycles. The number of hydrogen-bond donors (Lipinski definition) is 3. The van der Waals surface area contributed by atoms with Gasteiger partial charge in [-0.05, 0) is 29.7 Å². The third-order valence-electron chi connectivity index (χ3n) is 4.17. The molecule has 7 heteroatoms. The van der Waals surface area contributed by atoms with Gasteiger partial charge in [0.15, 0.2) is 0 Å². The van der Waals surface area contributed by atoms with Crippen LogP contribution in [0.15, 0.2) is 55.0 Å². The minimum Gasteiger partial charge on any atom is -0.394 e. The highest BCUT2D eigenvalue weighted by molar-refractivity contribution is 5.61. The molecule has 0 aromatic carbocycles. The zero-order valence-electron chi connectivity index (χ0n) is 15.5. The van der Waals surface area contributed by atoms with E-state index < -0.39 is 0 Å². The summed E-state index contributed by atoms with van der Waals surface area (Å²) < 4.78 is 0. The van der Waals surface area contributed by atoms with Crippen LogP contribution in [0.4, 0.5) is 11.8 Å². The summed E-state index contributed by atoms with van der Waals surface area (Å²) in [7, 11) is 0. The Balaban J connectivity index is 1.88. The Morgan fingerprint density at radius 3 is 2.59 bits per heavy atom. The second-order valence-electron chi connectivity index (χ2n) is 6.57. The maximum Gasteiger partial charge on any atom is 0.225 e. The van der Waals surface area contributed by atoms with Crippen LogP contribution in [0.5, 0.6) is 0 Å². The first-order chi connectivity index (χ1) is 13.2. The van der Waals surface area contributed by atoms with Gasteiger partial charge in [-0.2, -0.15) is 4.98 Å². The fourth-order valence-electron chi connectivity index (χ4n) is 2.53. The standard InChI is InChI=1S/C20H24N6O/c1-14(2)18(13-27)25-20-24-17(16-7-3-4-9-22-16)10-19(26-20)23-12-15-6-5-8-21-11-15/h3-11,14,18,27H,12-13H2,1-2H3,(H2,23,24,25,26)/t18-/m0/s1. The van der Waals surface area contributed by atoms with Crippen molar-refractivity contribution in [3.8, 4) is 11.4 Å². The van der Waals surface area contributed by atoms with Gasteiger partial charge in [-0.25, -0.2) is 4.98 Å². The van der Waals surface area contributed by atoms with Crippen molar-refractivity contribution < 1.29 is 5.11 Å². The maximum absolute atomic E-state index is 9.61. The lowest BCUT2D eigenvalue weighted by molar-refractivity contribution is 0.248. The third-order valence-corrected chi connectivity index (χ3v) is 4.17. The van der Waals surface area contributed by atoms with E-state index in [-0.39, 0.29) is 18.6 Å². The molecule has 0 saturated carbocycles. The molecule has 0 bridgehead atoms. The van der Waals surface area contributed by atoms with Crippen LogP contribution in [0.25, 0.3) is 11.4 Å². The van der Waals surface area contributed by atoms with Crippen molar-refractivity contribution in [2.24, 2.45) is 5.92 Å². The number of anilines is 2. The van der Waals surface area contributed by atoms with Gasteiger partial charge in [0.05, 0.1) is 24.0 Å². The maximum atomic E-state index is 9.61. The van der Waals surface area contributed by atoms with Crippen molar-refractivity contribution in [2.45, 2.75) is 26.4 Å². The number of rotatable bonds is 8. The number of hydrogen-bond acceptors (Lipinski definition) is 7. The molecule has 0 spiro atoms. The Morgan fingerprint density at radius 2 is 1.93 bits per heavy atom. The summed E-state index contributed by atoms with van der Waals surface area (Å²) in [5, 5.41) is 16.1. The minimum absolute atomic E-state index is 0.00723. The highest BCUT2D eigenvalue weighted by Gasteiger charge is 2.15. The first-order valence-corrected chi connectivity index (χ1v) is 8.96. The van der Waals surface area contributed by atoms with Gasteiger partial charge in [-0.1, -0.05) is 26.0 Å². The van der Waals surface area contributed by atoms with Crippen molar-refractivity contribution in [3.05, 3.63) is 60.6 Å². The van der Waals surface area contributed by atoms with E-state index in [9.17, 15) is 5.11 Å². The van der Waals surface area contributed by atoms with E-state index in [1.807, 2.05) is 56.4 Å². The van der Waals surface area contributed by atoms with Gasteiger partial charge in [-0.3, -0.25) is 9.97 Å². The van der Waals surface area contributed by atoms with Crippen LogP contribution in [-0.4, -0.2) is 37.7 Å². The predicted molar refractivity (Wildman–Crippen MR) is 106 cm³/mol. The molecule has 3 N–H and O–H groups in total. The molecule has 3 heterocycles. The smallest absolute Gasteiger partial charge is 0.225 e. The summed E-state index contributed by atoms with van der Waals surface area (Å²) in [5.74, 6) is 1.38. The quantitative estimate of drug-likeness (QED) is 0.565. The Morgan fingerprint density at radius 1 is 1.04 bits per heavy atom. The van der Waals surface area contributed by atoms with Crippen molar-refractivity contribution in [3.63, 3.8) is 0 Å². The zero-order chi connectivity index (χ0) is 19.1. The molecule has 1 atom stereocenters. The average Bonchev–Trinajstić information content (AvgIpc) is 2.71. The first-order valence-electron chi connectivity index (χ1n) is 8.96. The highest BCUT2D eigenvalue weighted by atomic mass is 16.3. The predicted octanol–water partition coefficient (Wildman–Crippen LogP) is 2.97. The molecular weight excluding hydrogens is 340 g/mol. The van der Waals surface area contributed by atoms with Gasteiger partial charge in [0, 0.05) is 31.2 Å². The summed E-state index contributed by atoms with van der Waals surface area (Å²) >= 11 is 0. The molecule has 140 valence electrons. The van der Waals surface area contributed by atoms with Crippen LogP contribution in [0.3, 0.4) is 0 Å². The highest BCUT2D eigenvalue weighted by Crippen LogP contribution is 2.21. The van der Waals surface area contributed by atoms with E-state index >= 15 is 0 Å². The number of aliphatic hydroxyl groups excluding tert-OH is 1. The molecule has 0 unspecified atom stereocenters. The third kappa shape index (κ3) is 5.21. The lowest BCUT2D eigenvalue weighted by atomic mass is 10.1. The van der Waals surface area contributed by atoms with E-state index in [1.54, 1.807) is 12.4 Å². The Bertz CT molecular complexity index is 842. The molecule has 7 nitrogen and oxygen atoms in total. The Kier molecular flexibility index (Phi) is 6.27. The Labute approximate surface area is 159 Å². The summed E-state index contributed by atoms with van der Waals surface area (Å²) in [4.78, 5) is 17.6. The second kappa shape index (κ2) is 9.05. The van der Waals surface area contributed by atoms with E-state index in [1.165, 1.54) is 0 Å². The zero-order valence-corrected chi connectivity index (χ0v) is 15.5.